The maximum absolute atomic E-state index is 11.7. The molecule has 3 N–H and O–H groups in total. The van der Waals surface area contributed by atoms with E-state index in [9.17, 15) is 14.4 Å². The zero-order valence-corrected chi connectivity index (χ0v) is 11.9. The summed E-state index contributed by atoms with van der Waals surface area (Å²) in [5.41, 5.74) is 5.86. The van der Waals surface area contributed by atoms with Crippen molar-refractivity contribution >= 4 is 17.8 Å². The van der Waals surface area contributed by atoms with Gasteiger partial charge in [-0.3, -0.25) is 9.59 Å². The summed E-state index contributed by atoms with van der Waals surface area (Å²) in [6.45, 7) is 2.63. The van der Waals surface area contributed by atoms with Crippen LogP contribution in [0, 0.1) is 6.92 Å². The van der Waals surface area contributed by atoms with Gasteiger partial charge in [0, 0.05) is 0 Å². The Hall–Kier alpha value is -2.57. The lowest BCUT2D eigenvalue weighted by Crippen LogP contribution is -2.37. The van der Waals surface area contributed by atoms with Crippen LogP contribution in [-0.4, -0.2) is 37.0 Å². The van der Waals surface area contributed by atoms with Crippen molar-refractivity contribution < 1.29 is 23.9 Å². The Morgan fingerprint density at radius 2 is 2.05 bits per heavy atom. The van der Waals surface area contributed by atoms with Crippen LogP contribution in [0.3, 0.4) is 0 Å². The van der Waals surface area contributed by atoms with Crippen LogP contribution in [0.4, 0.5) is 0 Å². The van der Waals surface area contributed by atoms with E-state index in [4.69, 9.17) is 15.2 Å². The minimum atomic E-state index is -0.851. The molecule has 114 valence electrons. The maximum atomic E-state index is 11.7. The average Bonchev–Trinajstić information content (AvgIpc) is 2.42. The number of hydrogen-bond acceptors (Lipinski definition) is 5. The van der Waals surface area contributed by atoms with Gasteiger partial charge in [-0.05, 0) is 31.5 Å². The molecular weight excluding hydrogens is 276 g/mol. The third-order valence-corrected chi connectivity index (χ3v) is 2.44. The van der Waals surface area contributed by atoms with Crippen LogP contribution in [0.25, 0.3) is 0 Å². The quantitative estimate of drug-likeness (QED) is 0.683. The van der Waals surface area contributed by atoms with E-state index in [1.165, 1.54) is 6.92 Å². The Balaban J connectivity index is 2.37. The SMILES string of the molecule is Cc1cccc(O[C@H](C)C(=O)OCC(=O)NCC(N)=O)c1. The molecule has 1 rings (SSSR count). The summed E-state index contributed by atoms with van der Waals surface area (Å²) in [5, 5.41) is 2.20. The molecule has 0 heterocycles. The lowest BCUT2D eigenvalue weighted by atomic mass is 10.2. The van der Waals surface area contributed by atoms with Gasteiger partial charge in [0.2, 0.25) is 5.91 Å². The van der Waals surface area contributed by atoms with Gasteiger partial charge in [0.1, 0.15) is 5.75 Å². The van der Waals surface area contributed by atoms with E-state index < -0.39 is 30.5 Å². The molecular formula is C14H18N2O5. The molecule has 0 saturated heterocycles. The van der Waals surface area contributed by atoms with E-state index in [1.807, 2.05) is 13.0 Å². The highest BCUT2D eigenvalue weighted by Crippen LogP contribution is 2.14. The average molecular weight is 294 g/mol. The van der Waals surface area contributed by atoms with E-state index in [0.717, 1.165) is 5.56 Å². The molecule has 0 aliphatic carbocycles. The smallest absolute Gasteiger partial charge is 0.347 e. The fourth-order valence-electron chi connectivity index (χ4n) is 1.43. The summed E-state index contributed by atoms with van der Waals surface area (Å²) in [5.74, 6) is -1.42. The molecule has 2 amide bonds. The number of carbonyl (C=O) groups excluding carboxylic acids is 3. The van der Waals surface area contributed by atoms with Crippen LogP contribution in [0.1, 0.15) is 12.5 Å². The Morgan fingerprint density at radius 3 is 2.67 bits per heavy atom. The van der Waals surface area contributed by atoms with Gasteiger partial charge in [0.15, 0.2) is 12.7 Å². The van der Waals surface area contributed by atoms with E-state index in [-0.39, 0.29) is 6.54 Å². The third-order valence-electron chi connectivity index (χ3n) is 2.44. The molecule has 0 spiro atoms. The third kappa shape index (κ3) is 6.42. The number of nitrogens with one attached hydrogen (secondary N) is 1. The summed E-state index contributed by atoms with van der Waals surface area (Å²) >= 11 is 0. The van der Waals surface area contributed by atoms with E-state index >= 15 is 0 Å². The monoisotopic (exact) mass is 294 g/mol. The van der Waals surface area contributed by atoms with E-state index in [0.29, 0.717) is 5.75 Å². The van der Waals surface area contributed by atoms with E-state index in [2.05, 4.69) is 5.32 Å². The number of esters is 1. The highest BCUT2D eigenvalue weighted by atomic mass is 16.6. The highest BCUT2D eigenvalue weighted by Gasteiger charge is 2.17. The highest BCUT2D eigenvalue weighted by molar-refractivity contribution is 5.86. The van der Waals surface area contributed by atoms with Crippen LogP contribution in [0.2, 0.25) is 0 Å². The molecule has 0 bridgehead atoms. The minimum Gasteiger partial charge on any atom is -0.479 e. The first-order valence-corrected chi connectivity index (χ1v) is 6.33. The van der Waals surface area contributed by atoms with Gasteiger partial charge in [-0.25, -0.2) is 4.79 Å². The maximum Gasteiger partial charge on any atom is 0.347 e. The second-order valence-corrected chi connectivity index (χ2v) is 4.43. The molecule has 7 heteroatoms. The minimum absolute atomic E-state index is 0.300. The van der Waals surface area contributed by atoms with Gasteiger partial charge in [0.25, 0.3) is 5.91 Å². The fourth-order valence-corrected chi connectivity index (χ4v) is 1.43. The first kappa shape index (κ1) is 16.5. The number of ether oxygens (including phenoxy) is 2. The normalized spacial score (nSPS) is 11.3. The molecule has 1 aromatic rings. The van der Waals surface area contributed by atoms with Crippen LogP contribution in [0.15, 0.2) is 24.3 Å². The van der Waals surface area contributed by atoms with Crippen molar-refractivity contribution in [3.8, 4) is 5.75 Å². The number of hydrogen-bond donors (Lipinski definition) is 2. The molecule has 0 aliphatic rings. The van der Waals surface area contributed by atoms with Gasteiger partial charge in [-0.15, -0.1) is 0 Å². The number of rotatable bonds is 7. The summed E-state index contributed by atoms with van der Waals surface area (Å²) in [6, 6.07) is 7.21. The zero-order valence-electron chi connectivity index (χ0n) is 11.9. The summed E-state index contributed by atoms with van der Waals surface area (Å²) in [6.07, 6.45) is -0.851. The summed E-state index contributed by atoms with van der Waals surface area (Å²) < 4.78 is 10.2. The first-order chi connectivity index (χ1) is 9.88. The van der Waals surface area contributed by atoms with Gasteiger partial charge in [0.05, 0.1) is 6.54 Å². The van der Waals surface area contributed by atoms with Gasteiger partial charge in [-0.2, -0.15) is 0 Å². The number of primary amides is 1. The molecule has 1 atom stereocenters. The topological polar surface area (TPSA) is 108 Å². The number of nitrogens with two attached hydrogens (primary N) is 1. The molecule has 0 radical (unpaired) electrons. The predicted molar refractivity (Wildman–Crippen MR) is 74.4 cm³/mol. The number of benzene rings is 1. The number of amides is 2. The molecule has 21 heavy (non-hydrogen) atoms. The van der Waals surface area contributed by atoms with Crippen molar-refractivity contribution in [3.05, 3.63) is 29.8 Å². The van der Waals surface area contributed by atoms with Crippen molar-refractivity contribution in [3.63, 3.8) is 0 Å². The van der Waals surface area contributed by atoms with Gasteiger partial charge < -0.3 is 20.5 Å². The summed E-state index contributed by atoms with van der Waals surface area (Å²) in [4.78, 5) is 33.4. The van der Waals surface area contributed by atoms with Crippen LogP contribution in [0.5, 0.6) is 5.75 Å². The van der Waals surface area contributed by atoms with Crippen molar-refractivity contribution in [1.82, 2.24) is 5.32 Å². The molecule has 0 saturated carbocycles. The second-order valence-electron chi connectivity index (χ2n) is 4.43. The molecule has 1 aromatic carbocycles. The van der Waals surface area contributed by atoms with Crippen molar-refractivity contribution in [2.24, 2.45) is 5.73 Å². The summed E-state index contributed by atoms with van der Waals surface area (Å²) in [7, 11) is 0. The van der Waals surface area contributed by atoms with Crippen molar-refractivity contribution in [2.45, 2.75) is 20.0 Å². The Kier molecular flexibility index (Phi) is 6.19. The Morgan fingerprint density at radius 1 is 1.33 bits per heavy atom. The first-order valence-electron chi connectivity index (χ1n) is 6.33. The molecule has 0 fully saturated rings. The molecule has 0 aliphatic heterocycles. The van der Waals surface area contributed by atoms with Crippen molar-refractivity contribution in [1.29, 1.82) is 0 Å². The van der Waals surface area contributed by atoms with Crippen LogP contribution < -0.4 is 15.8 Å². The largest absolute Gasteiger partial charge is 0.479 e. The zero-order chi connectivity index (χ0) is 15.8. The van der Waals surface area contributed by atoms with Gasteiger partial charge in [-0.1, -0.05) is 12.1 Å². The van der Waals surface area contributed by atoms with Crippen LogP contribution >= 0.6 is 0 Å². The van der Waals surface area contributed by atoms with Crippen molar-refractivity contribution in [2.75, 3.05) is 13.2 Å². The van der Waals surface area contributed by atoms with Gasteiger partial charge >= 0.3 is 5.97 Å². The number of aryl methyl sites for hydroxylation is 1. The predicted octanol–water partition coefficient (Wildman–Crippen LogP) is -0.0930. The fraction of sp³-hybridized carbons (Fsp3) is 0.357. The van der Waals surface area contributed by atoms with Crippen LogP contribution in [-0.2, 0) is 19.1 Å². The van der Waals surface area contributed by atoms with E-state index in [1.54, 1.807) is 18.2 Å². The Bertz CT molecular complexity index is 530. The second kappa shape index (κ2) is 7.88. The Labute approximate surface area is 122 Å². The number of carbonyl (C=O) groups is 3. The standard InChI is InChI=1S/C14H18N2O5/c1-9-4-3-5-11(6-9)21-10(2)14(19)20-8-13(18)16-7-12(15)17/h3-6,10H,7-8H2,1-2H3,(H2,15,17)(H,16,18)/t10-/m1/s1. The lowest BCUT2D eigenvalue weighted by Gasteiger charge is -2.14. The lowest BCUT2D eigenvalue weighted by molar-refractivity contribution is -0.154. The molecule has 0 unspecified atom stereocenters. The molecule has 0 aromatic heterocycles. The molecule has 7 nitrogen and oxygen atoms in total.